The van der Waals surface area contributed by atoms with Gasteiger partial charge in [0.25, 0.3) is 5.95 Å². The van der Waals surface area contributed by atoms with Gasteiger partial charge < -0.3 is 10.0 Å². The fourth-order valence-electron chi connectivity index (χ4n) is 1.43. The van der Waals surface area contributed by atoms with E-state index in [1.165, 1.54) is 4.68 Å². The topological polar surface area (TPSA) is 118 Å². The first-order chi connectivity index (χ1) is 9.47. The number of hydrazine groups is 1. The van der Waals surface area contributed by atoms with Crippen molar-refractivity contribution in [3.05, 3.63) is 18.5 Å². The lowest BCUT2D eigenvalue weighted by molar-refractivity contribution is 0.215. The third-order valence-electron chi connectivity index (χ3n) is 3.05. The van der Waals surface area contributed by atoms with Crippen LogP contribution in [0.15, 0.2) is 18.5 Å². The number of hydrogen-bond acceptors (Lipinski definition) is 8. The van der Waals surface area contributed by atoms with Crippen LogP contribution in [0.4, 0.5) is 11.9 Å². The van der Waals surface area contributed by atoms with E-state index in [0.717, 1.165) is 0 Å². The fourth-order valence-corrected chi connectivity index (χ4v) is 1.43. The monoisotopic (exact) mass is 278 g/mol. The van der Waals surface area contributed by atoms with Crippen LogP contribution in [0.2, 0.25) is 0 Å². The third-order valence-corrected chi connectivity index (χ3v) is 3.05. The Balaban J connectivity index is 2.46. The van der Waals surface area contributed by atoms with Crippen molar-refractivity contribution in [2.75, 3.05) is 24.0 Å². The van der Waals surface area contributed by atoms with E-state index in [9.17, 15) is 5.11 Å². The van der Waals surface area contributed by atoms with Gasteiger partial charge in [-0.3, -0.25) is 5.43 Å². The van der Waals surface area contributed by atoms with Crippen LogP contribution in [0.25, 0.3) is 5.95 Å². The number of likely N-dealkylation sites (N-methyl/N-ethyl adjacent to an activating group) is 1. The van der Waals surface area contributed by atoms with E-state index < -0.39 is 5.54 Å². The molecule has 0 radical (unpaired) electrons. The third kappa shape index (κ3) is 2.68. The number of nitrogen functional groups attached to an aromatic ring is 1. The van der Waals surface area contributed by atoms with Gasteiger partial charge in [-0.1, -0.05) is 0 Å². The zero-order valence-electron chi connectivity index (χ0n) is 11.6. The van der Waals surface area contributed by atoms with Crippen molar-refractivity contribution < 1.29 is 5.11 Å². The molecule has 0 atom stereocenters. The molecular weight excluding hydrogens is 260 g/mol. The Morgan fingerprint density at radius 2 is 2.15 bits per heavy atom. The second-order valence-electron chi connectivity index (χ2n) is 4.88. The number of rotatable bonds is 5. The van der Waals surface area contributed by atoms with Gasteiger partial charge in [0.05, 0.1) is 12.1 Å². The lowest BCUT2D eigenvalue weighted by Crippen LogP contribution is -2.45. The molecule has 2 heterocycles. The Morgan fingerprint density at radius 1 is 1.40 bits per heavy atom. The Morgan fingerprint density at radius 3 is 2.70 bits per heavy atom. The van der Waals surface area contributed by atoms with Crippen LogP contribution in [-0.4, -0.2) is 49.0 Å². The molecular formula is C11H18N8O. The van der Waals surface area contributed by atoms with Crippen molar-refractivity contribution in [3.8, 4) is 5.95 Å². The van der Waals surface area contributed by atoms with Crippen molar-refractivity contribution >= 4 is 11.9 Å². The molecule has 2 aromatic heterocycles. The Hall–Kier alpha value is -2.26. The summed E-state index contributed by atoms with van der Waals surface area (Å²) in [5.74, 6) is 6.33. The highest BCUT2D eigenvalue weighted by Crippen LogP contribution is 2.19. The van der Waals surface area contributed by atoms with Crippen LogP contribution in [0.1, 0.15) is 13.8 Å². The summed E-state index contributed by atoms with van der Waals surface area (Å²) in [5.41, 5.74) is 1.88. The molecule has 0 amide bonds. The molecule has 0 saturated carbocycles. The standard InChI is InChI=1S/C11H18N8O/c1-11(2,7-20)18(3)9-14-8(17-12)15-10(16-9)19-6-4-5-13-19/h4-6,20H,7,12H2,1-3H3,(H,14,15,16,17). The normalized spacial score (nSPS) is 11.4. The van der Waals surface area contributed by atoms with E-state index in [1.807, 2.05) is 13.8 Å². The maximum absolute atomic E-state index is 9.43. The summed E-state index contributed by atoms with van der Waals surface area (Å²) in [7, 11) is 1.79. The van der Waals surface area contributed by atoms with Gasteiger partial charge in [-0.25, -0.2) is 10.5 Å². The molecule has 0 spiro atoms. The van der Waals surface area contributed by atoms with Crippen molar-refractivity contribution in [3.63, 3.8) is 0 Å². The SMILES string of the molecule is CN(c1nc(NN)nc(-n2cccn2)n1)C(C)(C)CO. The van der Waals surface area contributed by atoms with E-state index in [-0.39, 0.29) is 12.6 Å². The Labute approximate surface area is 116 Å². The molecule has 0 bridgehead atoms. The van der Waals surface area contributed by atoms with Crippen molar-refractivity contribution in [2.24, 2.45) is 5.84 Å². The number of nitrogens with two attached hydrogens (primary N) is 1. The molecule has 20 heavy (non-hydrogen) atoms. The summed E-state index contributed by atoms with van der Waals surface area (Å²) in [6.07, 6.45) is 3.34. The second kappa shape index (κ2) is 5.39. The summed E-state index contributed by atoms with van der Waals surface area (Å²) < 4.78 is 1.51. The second-order valence-corrected chi connectivity index (χ2v) is 4.88. The molecule has 0 aliphatic rings. The van der Waals surface area contributed by atoms with E-state index in [0.29, 0.717) is 11.9 Å². The zero-order chi connectivity index (χ0) is 14.8. The molecule has 0 aromatic carbocycles. The average Bonchev–Trinajstić information content (AvgIpc) is 3.00. The minimum atomic E-state index is -0.519. The minimum Gasteiger partial charge on any atom is -0.394 e. The predicted octanol–water partition coefficient (Wildman–Crippen LogP) is -0.450. The van der Waals surface area contributed by atoms with Crippen LogP contribution < -0.4 is 16.2 Å². The zero-order valence-corrected chi connectivity index (χ0v) is 11.6. The van der Waals surface area contributed by atoms with E-state index in [2.05, 4.69) is 25.5 Å². The maximum atomic E-state index is 9.43. The molecule has 9 nitrogen and oxygen atoms in total. The van der Waals surface area contributed by atoms with Crippen molar-refractivity contribution in [2.45, 2.75) is 19.4 Å². The van der Waals surface area contributed by atoms with Crippen molar-refractivity contribution in [1.29, 1.82) is 0 Å². The van der Waals surface area contributed by atoms with Gasteiger partial charge >= 0.3 is 0 Å². The van der Waals surface area contributed by atoms with Gasteiger partial charge in [-0.15, -0.1) is 0 Å². The van der Waals surface area contributed by atoms with Crippen LogP contribution in [0.5, 0.6) is 0 Å². The van der Waals surface area contributed by atoms with Gasteiger partial charge in [0, 0.05) is 19.4 Å². The maximum Gasteiger partial charge on any atom is 0.257 e. The van der Waals surface area contributed by atoms with E-state index in [4.69, 9.17) is 5.84 Å². The number of anilines is 2. The lowest BCUT2D eigenvalue weighted by atomic mass is 10.1. The van der Waals surface area contributed by atoms with Crippen LogP contribution in [0, 0.1) is 0 Å². The van der Waals surface area contributed by atoms with Crippen LogP contribution in [-0.2, 0) is 0 Å². The molecule has 4 N–H and O–H groups in total. The first-order valence-corrected chi connectivity index (χ1v) is 6.05. The predicted molar refractivity (Wildman–Crippen MR) is 74.3 cm³/mol. The number of nitrogens with zero attached hydrogens (tertiary/aromatic N) is 6. The summed E-state index contributed by atoms with van der Waals surface area (Å²) in [4.78, 5) is 14.4. The molecule has 0 fully saturated rings. The lowest BCUT2D eigenvalue weighted by Gasteiger charge is -2.33. The summed E-state index contributed by atoms with van der Waals surface area (Å²) in [6, 6.07) is 1.76. The molecule has 0 aliphatic heterocycles. The molecule has 0 aliphatic carbocycles. The number of hydrogen-bond donors (Lipinski definition) is 3. The largest absolute Gasteiger partial charge is 0.394 e. The highest BCUT2D eigenvalue weighted by molar-refractivity contribution is 5.40. The fraction of sp³-hybridized carbons (Fsp3) is 0.455. The number of nitrogens with one attached hydrogen (secondary N) is 1. The van der Waals surface area contributed by atoms with E-state index in [1.54, 1.807) is 30.4 Å². The smallest absolute Gasteiger partial charge is 0.257 e. The summed E-state index contributed by atoms with van der Waals surface area (Å²) in [6.45, 7) is 3.71. The Bertz CT molecular complexity index is 568. The molecule has 108 valence electrons. The van der Waals surface area contributed by atoms with Gasteiger partial charge in [-0.2, -0.15) is 20.1 Å². The quantitative estimate of drug-likeness (QED) is 0.497. The molecule has 0 unspecified atom stereocenters. The average molecular weight is 278 g/mol. The molecule has 2 aromatic rings. The highest BCUT2D eigenvalue weighted by Gasteiger charge is 2.26. The first-order valence-electron chi connectivity index (χ1n) is 6.05. The van der Waals surface area contributed by atoms with Crippen LogP contribution in [0.3, 0.4) is 0 Å². The summed E-state index contributed by atoms with van der Waals surface area (Å²) in [5, 5.41) is 13.5. The number of aliphatic hydroxyl groups excluding tert-OH is 1. The van der Waals surface area contributed by atoms with Gasteiger partial charge in [0.1, 0.15) is 0 Å². The van der Waals surface area contributed by atoms with Gasteiger partial charge in [0.15, 0.2) is 0 Å². The molecule has 2 rings (SSSR count). The van der Waals surface area contributed by atoms with Crippen molar-refractivity contribution in [1.82, 2.24) is 24.7 Å². The number of aromatic nitrogens is 5. The Kier molecular flexibility index (Phi) is 3.81. The van der Waals surface area contributed by atoms with Crippen LogP contribution >= 0.6 is 0 Å². The molecule has 9 heteroatoms. The van der Waals surface area contributed by atoms with Gasteiger partial charge in [0.2, 0.25) is 11.9 Å². The number of aliphatic hydroxyl groups is 1. The molecule has 0 saturated heterocycles. The van der Waals surface area contributed by atoms with E-state index >= 15 is 0 Å². The minimum absolute atomic E-state index is 0.0440. The first kappa shape index (κ1) is 14.2. The highest BCUT2D eigenvalue weighted by atomic mass is 16.3. The summed E-state index contributed by atoms with van der Waals surface area (Å²) >= 11 is 0. The van der Waals surface area contributed by atoms with Gasteiger partial charge in [-0.05, 0) is 19.9 Å².